The molecule has 0 spiro atoms. The molecular formula is C18H21N3O2. The molecule has 2 heterocycles. The number of likely N-dealkylation sites (tertiary alicyclic amines) is 1. The first-order chi connectivity index (χ1) is 12.1. The van der Waals surface area contributed by atoms with Gasteiger partial charge in [0.25, 0.3) is 0 Å². The number of pyridine rings is 1. The van der Waals surface area contributed by atoms with Gasteiger partial charge in [-0.05, 0) is 38.3 Å². The number of nitriles is 1. The summed E-state index contributed by atoms with van der Waals surface area (Å²) in [6.07, 6.45) is 2.88. The molecule has 1 fully saturated rings. The second kappa shape index (κ2) is 5.78. The lowest BCUT2D eigenvalue weighted by Crippen LogP contribution is -2.43. The monoisotopic (exact) mass is 314 g/mol. The Labute approximate surface area is 140 Å². The highest BCUT2D eigenvalue weighted by atomic mass is 16.5. The van der Waals surface area contributed by atoms with Crippen LogP contribution in [-0.4, -0.2) is 41.4 Å². The largest absolute Gasteiger partial charge is 0.378 e. The highest BCUT2D eigenvalue weighted by Crippen LogP contribution is 2.36. The lowest BCUT2D eigenvalue weighted by molar-refractivity contribution is -0.114. The van der Waals surface area contributed by atoms with Gasteiger partial charge in [0.05, 0.1) is 15.4 Å². The minimum absolute atomic E-state index is 0.170. The third kappa shape index (κ3) is 2.75. The Morgan fingerprint density at radius 2 is 2.22 bits per heavy atom. The summed E-state index contributed by atoms with van der Waals surface area (Å²) < 4.78 is 27.3. The normalized spacial score (nSPS) is 22.7. The zero-order valence-electron chi connectivity index (χ0n) is 16.3. The van der Waals surface area contributed by atoms with Crippen molar-refractivity contribution in [2.45, 2.75) is 38.7 Å². The molecule has 0 N–H and O–H groups in total. The van der Waals surface area contributed by atoms with Gasteiger partial charge in [-0.15, -0.1) is 0 Å². The Morgan fingerprint density at radius 1 is 1.48 bits per heavy atom. The van der Waals surface area contributed by atoms with Crippen molar-refractivity contribution in [3.05, 3.63) is 34.7 Å². The number of methoxy groups -OCH3 is 1. The number of allylic oxidation sites excluding steroid dienone is 1. The number of hydrogen-bond acceptors (Lipinski definition) is 5. The highest BCUT2D eigenvalue weighted by Gasteiger charge is 2.35. The molecule has 0 atom stereocenters. The number of ketones is 1. The van der Waals surface area contributed by atoms with Crippen LogP contribution in [0.4, 0.5) is 0 Å². The molecule has 1 aliphatic carbocycles. The van der Waals surface area contributed by atoms with Gasteiger partial charge < -0.3 is 9.64 Å². The fourth-order valence-corrected chi connectivity index (χ4v) is 3.23. The molecule has 5 nitrogen and oxygen atoms in total. The average molecular weight is 314 g/mol. The van der Waals surface area contributed by atoms with Crippen LogP contribution in [0.15, 0.2) is 17.8 Å². The number of hydrogen-bond donors (Lipinski definition) is 0. The van der Waals surface area contributed by atoms with Crippen LogP contribution in [0, 0.1) is 18.3 Å². The predicted octanol–water partition coefficient (Wildman–Crippen LogP) is 2.25. The van der Waals surface area contributed by atoms with Crippen LogP contribution in [-0.2, 0) is 16.0 Å². The molecule has 0 bridgehead atoms. The standard InChI is InChI=1S/C18H21N3O2/c1-12-8-14-13(11-20-12)9-16(22)15(10-19)17(14)21-6-4-18(2,23-3)5-7-21/h8,11H,4-7,9H2,1-3H3/i3D3. The summed E-state index contributed by atoms with van der Waals surface area (Å²) in [5.41, 5.74) is 2.57. The zero-order chi connectivity index (χ0) is 19.1. The topological polar surface area (TPSA) is 66.2 Å². The molecule has 0 aromatic carbocycles. The highest BCUT2D eigenvalue weighted by molar-refractivity contribution is 6.09. The Hall–Kier alpha value is -2.19. The number of carbonyl (C=O) groups is 1. The van der Waals surface area contributed by atoms with Crippen LogP contribution in [0.3, 0.4) is 0 Å². The molecule has 3 rings (SSSR count). The quantitative estimate of drug-likeness (QED) is 0.837. The average Bonchev–Trinajstić information content (AvgIpc) is 2.53. The first-order valence-corrected chi connectivity index (χ1v) is 7.70. The summed E-state index contributed by atoms with van der Waals surface area (Å²) in [6.45, 7) is 4.70. The van der Waals surface area contributed by atoms with E-state index in [2.05, 4.69) is 11.1 Å². The van der Waals surface area contributed by atoms with Crippen molar-refractivity contribution in [3.63, 3.8) is 0 Å². The molecule has 1 aromatic rings. The Balaban J connectivity index is 1.92. The van der Waals surface area contributed by atoms with E-state index >= 15 is 0 Å². The van der Waals surface area contributed by atoms with Crippen LogP contribution in [0.1, 0.15) is 40.7 Å². The van der Waals surface area contributed by atoms with Crippen LogP contribution >= 0.6 is 0 Å². The summed E-state index contributed by atoms with van der Waals surface area (Å²) in [7, 11) is -2.44. The van der Waals surface area contributed by atoms with Crippen molar-refractivity contribution in [2.75, 3.05) is 20.1 Å². The third-order valence-corrected chi connectivity index (χ3v) is 4.74. The maximum Gasteiger partial charge on any atom is 0.179 e. The fourth-order valence-electron chi connectivity index (χ4n) is 3.23. The zero-order valence-corrected chi connectivity index (χ0v) is 13.3. The van der Waals surface area contributed by atoms with Gasteiger partial charge in [-0.3, -0.25) is 9.78 Å². The Bertz CT molecular complexity index is 816. The number of Topliss-reactive ketones (excluding diaryl/α,β-unsaturated/α-hetero) is 1. The SMILES string of the molecule is [2H]C([2H])([2H])OC1(C)CCN(C2=C(C#N)C(=O)Cc3cnc(C)cc32)CC1. The summed E-state index contributed by atoms with van der Waals surface area (Å²) in [5.74, 6) is -0.201. The predicted molar refractivity (Wildman–Crippen MR) is 86.4 cm³/mol. The van der Waals surface area contributed by atoms with E-state index in [-0.39, 0.29) is 17.8 Å². The maximum atomic E-state index is 12.4. The van der Waals surface area contributed by atoms with Crippen molar-refractivity contribution < 1.29 is 13.6 Å². The molecule has 0 amide bonds. The van der Waals surface area contributed by atoms with E-state index in [0.29, 0.717) is 31.6 Å². The molecule has 1 aliphatic heterocycles. The fraction of sp³-hybridized carbons (Fsp3) is 0.500. The van der Waals surface area contributed by atoms with Gasteiger partial charge in [0, 0.05) is 44.0 Å². The summed E-state index contributed by atoms with van der Waals surface area (Å²) in [5, 5.41) is 9.54. The minimum Gasteiger partial charge on any atom is -0.378 e. The first kappa shape index (κ1) is 12.3. The van der Waals surface area contributed by atoms with Crippen LogP contribution < -0.4 is 0 Å². The van der Waals surface area contributed by atoms with Gasteiger partial charge in [-0.25, -0.2) is 0 Å². The van der Waals surface area contributed by atoms with Crippen molar-refractivity contribution in [1.82, 2.24) is 9.88 Å². The van der Waals surface area contributed by atoms with E-state index in [0.717, 1.165) is 16.8 Å². The van der Waals surface area contributed by atoms with Gasteiger partial charge in [0.2, 0.25) is 0 Å². The summed E-state index contributed by atoms with van der Waals surface area (Å²) in [6, 6.07) is 3.97. The number of rotatable bonds is 2. The molecule has 1 saturated heterocycles. The Kier molecular flexibility index (Phi) is 3.08. The molecule has 23 heavy (non-hydrogen) atoms. The van der Waals surface area contributed by atoms with Crippen molar-refractivity contribution in [3.8, 4) is 6.07 Å². The molecular weight excluding hydrogens is 290 g/mol. The molecule has 0 unspecified atom stereocenters. The summed E-state index contributed by atoms with van der Waals surface area (Å²) in [4.78, 5) is 18.7. The summed E-state index contributed by atoms with van der Waals surface area (Å²) >= 11 is 0. The lowest BCUT2D eigenvalue weighted by atomic mass is 9.86. The third-order valence-electron chi connectivity index (χ3n) is 4.74. The second-order valence-corrected chi connectivity index (χ2v) is 6.46. The minimum atomic E-state index is -2.44. The van der Waals surface area contributed by atoms with Gasteiger partial charge in [-0.1, -0.05) is 0 Å². The molecule has 1 aromatic heterocycles. The number of carbonyl (C=O) groups excluding carboxylic acids is 1. The van der Waals surface area contributed by atoms with Gasteiger partial charge in [0.15, 0.2) is 5.78 Å². The molecule has 5 heteroatoms. The van der Waals surface area contributed by atoms with Crippen LogP contribution in [0.2, 0.25) is 0 Å². The molecule has 0 saturated carbocycles. The number of aromatic nitrogens is 1. The molecule has 0 radical (unpaired) electrons. The second-order valence-electron chi connectivity index (χ2n) is 6.46. The van der Waals surface area contributed by atoms with Crippen LogP contribution in [0.25, 0.3) is 5.70 Å². The molecule has 2 aliphatic rings. The van der Waals surface area contributed by atoms with E-state index in [9.17, 15) is 10.1 Å². The van der Waals surface area contributed by atoms with E-state index in [1.54, 1.807) is 13.1 Å². The van der Waals surface area contributed by atoms with Crippen LogP contribution in [0.5, 0.6) is 0 Å². The number of piperidine rings is 1. The van der Waals surface area contributed by atoms with E-state index < -0.39 is 12.6 Å². The van der Waals surface area contributed by atoms with E-state index in [1.165, 1.54) is 0 Å². The number of nitrogens with zero attached hydrogens (tertiary/aromatic N) is 3. The van der Waals surface area contributed by atoms with Gasteiger partial charge in [0.1, 0.15) is 11.6 Å². The number of fused-ring (bicyclic) bond motifs is 1. The van der Waals surface area contributed by atoms with E-state index in [4.69, 9.17) is 8.85 Å². The van der Waals surface area contributed by atoms with Gasteiger partial charge >= 0.3 is 0 Å². The first-order valence-electron chi connectivity index (χ1n) is 9.20. The molecule has 120 valence electrons. The number of ether oxygens (including phenoxy) is 1. The van der Waals surface area contributed by atoms with Gasteiger partial charge in [-0.2, -0.15) is 5.26 Å². The number of aryl methyl sites for hydroxylation is 1. The van der Waals surface area contributed by atoms with Crippen molar-refractivity contribution >= 4 is 11.5 Å². The maximum absolute atomic E-state index is 12.4. The van der Waals surface area contributed by atoms with Crippen molar-refractivity contribution in [1.29, 1.82) is 5.26 Å². The lowest BCUT2D eigenvalue weighted by Gasteiger charge is -2.41. The van der Waals surface area contributed by atoms with Crippen molar-refractivity contribution in [2.24, 2.45) is 0 Å². The van der Waals surface area contributed by atoms with E-state index in [1.807, 2.05) is 17.9 Å². The Morgan fingerprint density at radius 3 is 2.87 bits per heavy atom. The smallest absolute Gasteiger partial charge is 0.179 e.